The van der Waals surface area contributed by atoms with Crippen LogP contribution in [0.25, 0.3) is 0 Å². The van der Waals surface area contributed by atoms with Crippen molar-refractivity contribution in [2.45, 2.75) is 45.1 Å². The molecule has 1 aliphatic rings. The quantitative estimate of drug-likeness (QED) is 0.618. The maximum absolute atomic E-state index is 3.26. The molecule has 0 aromatic heterocycles. The molecule has 1 atom stereocenters. The van der Waals surface area contributed by atoms with Gasteiger partial charge in [-0.3, -0.25) is 0 Å². The van der Waals surface area contributed by atoms with Gasteiger partial charge in [0.15, 0.2) is 0 Å². The Bertz CT molecular complexity index is 86.7. The van der Waals surface area contributed by atoms with Gasteiger partial charge in [0.1, 0.15) is 0 Å². The molecule has 1 rings (SSSR count). The highest BCUT2D eigenvalue weighted by atomic mass is 14.8. The Hall–Kier alpha value is -0.0400. The van der Waals surface area contributed by atoms with E-state index in [1.807, 2.05) is 7.05 Å². The van der Waals surface area contributed by atoms with Gasteiger partial charge in [0, 0.05) is 6.04 Å². The van der Waals surface area contributed by atoms with Crippen molar-refractivity contribution in [3.63, 3.8) is 0 Å². The molecule has 0 bridgehead atoms. The molecule has 0 aromatic carbocycles. The van der Waals surface area contributed by atoms with Crippen LogP contribution in [0.15, 0.2) is 0 Å². The molecule has 10 heavy (non-hydrogen) atoms. The summed E-state index contributed by atoms with van der Waals surface area (Å²) in [5.74, 6) is 1.11. The average molecular weight is 141 g/mol. The SMILES string of the molecule is CNC(C)CCCC1CC1. The lowest BCUT2D eigenvalue weighted by atomic mass is 10.1. The Morgan fingerprint density at radius 1 is 1.50 bits per heavy atom. The molecule has 1 saturated carbocycles. The lowest BCUT2D eigenvalue weighted by molar-refractivity contribution is 0.514. The van der Waals surface area contributed by atoms with Gasteiger partial charge in [0.2, 0.25) is 0 Å². The molecular weight excluding hydrogens is 122 g/mol. The molecule has 1 fully saturated rings. The lowest BCUT2D eigenvalue weighted by Crippen LogP contribution is -2.20. The van der Waals surface area contributed by atoms with E-state index in [9.17, 15) is 0 Å². The molecule has 0 spiro atoms. The van der Waals surface area contributed by atoms with Gasteiger partial charge in [-0.15, -0.1) is 0 Å². The second kappa shape index (κ2) is 3.97. The normalized spacial score (nSPS) is 21.0. The highest BCUT2D eigenvalue weighted by Crippen LogP contribution is 2.33. The van der Waals surface area contributed by atoms with Crippen molar-refractivity contribution in [3.8, 4) is 0 Å². The van der Waals surface area contributed by atoms with Crippen LogP contribution in [0.1, 0.15) is 39.0 Å². The van der Waals surface area contributed by atoms with Crippen LogP contribution in [0.2, 0.25) is 0 Å². The van der Waals surface area contributed by atoms with Gasteiger partial charge in [-0.1, -0.05) is 25.7 Å². The number of hydrogen-bond acceptors (Lipinski definition) is 1. The zero-order valence-electron chi connectivity index (χ0n) is 7.19. The molecule has 0 radical (unpaired) electrons. The van der Waals surface area contributed by atoms with Crippen molar-refractivity contribution in [2.24, 2.45) is 5.92 Å². The largest absolute Gasteiger partial charge is 0.317 e. The molecule has 60 valence electrons. The Morgan fingerprint density at radius 2 is 2.20 bits per heavy atom. The highest BCUT2D eigenvalue weighted by Gasteiger charge is 2.20. The molecule has 0 amide bonds. The van der Waals surface area contributed by atoms with Crippen molar-refractivity contribution >= 4 is 0 Å². The standard InChI is InChI=1S/C9H19N/c1-8(10-2)4-3-5-9-6-7-9/h8-10H,3-7H2,1-2H3. The summed E-state index contributed by atoms with van der Waals surface area (Å²) in [5, 5.41) is 3.26. The van der Waals surface area contributed by atoms with E-state index in [2.05, 4.69) is 12.2 Å². The summed E-state index contributed by atoms with van der Waals surface area (Å²) in [6, 6.07) is 0.721. The molecule has 0 saturated heterocycles. The third kappa shape index (κ3) is 3.21. The average Bonchev–Trinajstić information content (AvgIpc) is 2.71. The van der Waals surface area contributed by atoms with Crippen LogP contribution in [0.4, 0.5) is 0 Å². The van der Waals surface area contributed by atoms with Crippen molar-refractivity contribution in [2.75, 3.05) is 7.05 Å². The third-order valence-corrected chi connectivity index (χ3v) is 2.44. The van der Waals surface area contributed by atoms with E-state index < -0.39 is 0 Å². The summed E-state index contributed by atoms with van der Waals surface area (Å²) < 4.78 is 0. The van der Waals surface area contributed by atoms with Crippen LogP contribution in [-0.4, -0.2) is 13.1 Å². The third-order valence-electron chi connectivity index (χ3n) is 2.44. The van der Waals surface area contributed by atoms with Gasteiger partial charge in [0.25, 0.3) is 0 Å². The fourth-order valence-electron chi connectivity index (χ4n) is 1.26. The second-order valence-electron chi connectivity index (χ2n) is 3.56. The zero-order chi connectivity index (χ0) is 7.40. The molecule has 0 heterocycles. The fourth-order valence-corrected chi connectivity index (χ4v) is 1.26. The summed E-state index contributed by atoms with van der Waals surface area (Å²) >= 11 is 0. The fraction of sp³-hybridized carbons (Fsp3) is 1.00. The minimum absolute atomic E-state index is 0.721. The maximum atomic E-state index is 3.26. The Balaban J connectivity index is 1.83. The van der Waals surface area contributed by atoms with Gasteiger partial charge in [-0.25, -0.2) is 0 Å². The highest BCUT2D eigenvalue weighted by molar-refractivity contribution is 4.73. The van der Waals surface area contributed by atoms with Crippen molar-refractivity contribution in [1.29, 1.82) is 0 Å². The Kier molecular flexibility index (Phi) is 3.20. The van der Waals surface area contributed by atoms with Gasteiger partial charge in [0.05, 0.1) is 0 Å². The van der Waals surface area contributed by atoms with Crippen molar-refractivity contribution in [3.05, 3.63) is 0 Å². The molecular formula is C9H19N. The summed E-state index contributed by atoms with van der Waals surface area (Å²) in [6.45, 7) is 2.26. The molecule has 1 N–H and O–H groups in total. The molecule has 1 aliphatic carbocycles. The Morgan fingerprint density at radius 3 is 2.70 bits per heavy atom. The summed E-state index contributed by atoms with van der Waals surface area (Å²) in [7, 11) is 2.04. The van der Waals surface area contributed by atoms with Crippen LogP contribution in [0, 0.1) is 5.92 Å². The predicted molar refractivity (Wildman–Crippen MR) is 45.1 cm³/mol. The van der Waals surface area contributed by atoms with E-state index in [0.29, 0.717) is 0 Å². The number of nitrogens with one attached hydrogen (secondary N) is 1. The Labute approximate surface area is 64.2 Å². The predicted octanol–water partition coefficient (Wildman–Crippen LogP) is 2.17. The first-order valence-corrected chi connectivity index (χ1v) is 4.50. The maximum Gasteiger partial charge on any atom is 0.00357 e. The lowest BCUT2D eigenvalue weighted by Gasteiger charge is -2.08. The van der Waals surface area contributed by atoms with E-state index in [1.54, 1.807) is 0 Å². The van der Waals surface area contributed by atoms with Gasteiger partial charge >= 0.3 is 0 Å². The molecule has 1 heteroatoms. The van der Waals surface area contributed by atoms with Crippen LogP contribution < -0.4 is 5.32 Å². The topological polar surface area (TPSA) is 12.0 Å². The molecule has 1 nitrogen and oxygen atoms in total. The second-order valence-corrected chi connectivity index (χ2v) is 3.56. The van der Waals surface area contributed by atoms with Gasteiger partial charge in [-0.05, 0) is 26.3 Å². The van der Waals surface area contributed by atoms with Crippen molar-refractivity contribution < 1.29 is 0 Å². The molecule has 1 unspecified atom stereocenters. The minimum Gasteiger partial charge on any atom is -0.317 e. The van der Waals surface area contributed by atoms with E-state index >= 15 is 0 Å². The monoisotopic (exact) mass is 141 g/mol. The first-order valence-electron chi connectivity index (χ1n) is 4.50. The first kappa shape index (κ1) is 8.06. The summed E-state index contributed by atoms with van der Waals surface area (Å²) in [5.41, 5.74) is 0. The van der Waals surface area contributed by atoms with E-state index in [4.69, 9.17) is 0 Å². The number of rotatable bonds is 5. The number of hydrogen-bond donors (Lipinski definition) is 1. The molecule has 0 aromatic rings. The smallest absolute Gasteiger partial charge is 0.00357 e. The van der Waals surface area contributed by atoms with Crippen LogP contribution >= 0.6 is 0 Å². The van der Waals surface area contributed by atoms with Gasteiger partial charge in [-0.2, -0.15) is 0 Å². The van der Waals surface area contributed by atoms with Crippen molar-refractivity contribution in [1.82, 2.24) is 5.32 Å². The summed E-state index contributed by atoms with van der Waals surface area (Å²) in [4.78, 5) is 0. The van der Waals surface area contributed by atoms with Crippen LogP contribution in [0.3, 0.4) is 0 Å². The molecule has 0 aliphatic heterocycles. The zero-order valence-corrected chi connectivity index (χ0v) is 7.19. The van der Waals surface area contributed by atoms with Gasteiger partial charge < -0.3 is 5.32 Å². The minimum atomic E-state index is 0.721. The first-order chi connectivity index (χ1) is 4.83. The van der Waals surface area contributed by atoms with Crippen LogP contribution in [0.5, 0.6) is 0 Å². The van der Waals surface area contributed by atoms with E-state index in [0.717, 1.165) is 12.0 Å². The van der Waals surface area contributed by atoms with Crippen LogP contribution in [-0.2, 0) is 0 Å². The van der Waals surface area contributed by atoms with E-state index in [1.165, 1.54) is 32.1 Å². The van der Waals surface area contributed by atoms with E-state index in [-0.39, 0.29) is 0 Å². The summed E-state index contributed by atoms with van der Waals surface area (Å²) in [6.07, 6.45) is 7.27.